The second-order valence-corrected chi connectivity index (χ2v) is 6.77. The van der Waals surface area contributed by atoms with Crippen LogP contribution in [0.5, 0.6) is 0 Å². The molecule has 0 saturated carbocycles. The van der Waals surface area contributed by atoms with Gasteiger partial charge in [0.2, 0.25) is 0 Å². The number of anilines is 1. The van der Waals surface area contributed by atoms with Gasteiger partial charge in [-0.1, -0.05) is 36.4 Å². The van der Waals surface area contributed by atoms with E-state index in [9.17, 15) is 9.18 Å². The summed E-state index contributed by atoms with van der Waals surface area (Å²) in [5.74, 6) is -0.453. The Morgan fingerprint density at radius 2 is 1.86 bits per heavy atom. The second-order valence-electron chi connectivity index (χ2n) is 6.77. The van der Waals surface area contributed by atoms with Crippen LogP contribution in [0, 0.1) is 5.82 Å². The van der Waals surface area contributed by atoms with E-state index >= 15 is 0 Å². The van der Waals surface area contributed by atoms with E-state index in [2.05, 4.69) is 26.7 Å². The van der Waals surface area contributed by atoms with E-state index in [1.165, 1.54) is 23.2 Å². The molecule has 0 spiro atoms. The molecule has 1 amide bonds. The Morgan fingerprint density at radius 1 is 1.03 bits per heavy atom. The van der Waals surface area contributed by atoms with Crippen molar-refractivity contribution in [3.05, 3.63) is 95.7 Å². The summed E-state index contributed by atoms with van der Waals surface area (Å²) < 4.78 is 13.7. The number of benzene rings is 2. The molecule has 0 unspecified atom stereocenters. The van der Waals surface area contributed by atoms with E-state index in [0.717, 1.165) is 11.9 Å². The topological polar surface area (TPSA) is 69.8 Å². The van der Waals surface area contributed by atoms with Crippen LogP contribution in [0.25, 0.3) is 10.9 Å². The first-order valence-electron chi connectivity index (χ1n) is 9.46. The van der Waals surface area contributed by atoms with Gasteiger partial charge >= 0.3 is 0 Å². The Bertz CT molecular complexity index is 1140. The van der Waals surface area contributed by atoms with Crippen LogP contribution in [-0.2, 0) is 13.0 Å². The predicted octanol–water partition coefficient (Wildman–Crippen LogP) is 4.29. The molecule has 0 fully saturated rings. The number of nitrogens with one attached hydrogen (secondary N) is 3. The lowest BCUT2D eigenvalue weighted by Crippen LogP contribution is -2.25. The summed E-state index contributed by atoms with van der Waals surface area (Å²) in [6.07, 6.45) is 5.85. The number of halogens is 1. The van der Waals surface area contributed by atoms with Gasteiger partial charge in [-0.05, 0) is 30.2 Å². The summed E-state index contributed by atoms with van der Waals surface area (Å²) in [7, 11) is 0. The first-order valence-corrected chi connectivity index (χ1v) is 9.46. The summed E-state index contributed by atoms with van der Waals surface area (Å²) in [6.45, 7) is 0.841. The summed E-state index contributed by atoms with van der Waals surface area (Å²) in [4.78, 5) is 19.8. The average Bonchev–Trinajstić information content (AvgIpc) is 3.16. The molecule has 0 bridgehead atoms. The Hall–Kier alpha value is -3.67. The highest BCUT2D eigenvalue weighted by atomic mass is 19.1. The van der Waals surface area contributed by atoms with Crippen LogP contribution in [0.1, 0.15) is 21.5 Å². The molecule has 4 rings (SSSR count). The minimum atomic E-state index is -0.265. The fraction of sp³-hybridized carbons (Fsp3) is 0.130. The third-order valence-corrected chi connectivity index (χ3v) is 4.80. The molecular formula is C23H21FN4O. The van der Waals surface area contributed by atoms with Gasteiger partial charge in [-0.3, -0.25) is 9.78 Å². The number of H-pyrrole nitrogens is 1. The van der Waals surface area contributed by atoms with E-state index in [1.807, 2.05) is 24.4 Å². The lowest BCUT2D eigenvalue weighted by molar-refractivity contribution is 0.0954. The fourth-order valence-electron chi connectivity index (χ4n) is 3.25. The van der Waals surface area contributed by atoms with E-state index < -0.39 is 0 Å². The SMILES string of the molecule is O=C(NCCc1c[nH]c2ccccc12)c1cncc(NCc2ccccc2F)c1. The summed E-state index contributed by atoms with van der Waals surface area (Å²) >= 11 is 0. The molecule has 2 aromatic heterocycles. The van der Waals surface area contributed by atoms with Crippen LogP contribution in [0.2, 0.25) is 0 Å². The highest BCUT2D eigenvalue weighted by Crippen LogP contribution is 2.18. The number of rotatable bonds is 7. The van der Waals surface area contributed by atoms with Crippen molar-refractivity contribution in [2.45, 2.75) is 13.0 Å². The van der Waals surface area contributed by atoms with E-state index in [-0.39, 0.29) is 11.7 Å². The van der Waals surface area contributed by atoms with Gasteiger partial charge in [0.15, 0.2) is 0 Å². The van der Waals surface area contributed by atoms with Crippen molar-refractivity contribution in [3.8, 4) is 0 Å². The first-order chi connectivity index (χ1) is 14.2. The molecule has 29 heavy (non-hydrogen) atoms. The number of carbonyl (C=O) groups is 1. The molecule has 0 saturated heterocycles. The van der Waals surface area contributed by atoms with Gasteiger partial charge in [-0.15, -0.1) is 0 Å². The number of para-hydroxylation sites is 1. The Balaban J connectivity index is 1.34. The quantitative estimate of drug-likeness (QED) is 0.442. The predicted molar refractivity (Wildman–Crippen MR) is 112 cm³/mol. The number of hydrogen-bond donors (Lipinski definition) is 3. The first kappa shape index (κ1) is 18.7. The molecule has 2 aromatic carbocycles. The Morgan fingerprint density at radius 3 is 2.76 bits per heavy atom. The lowest BCUT2D eigenvalue weighted by atomic mass is 10.1. The van der Waals surface area contributed by atoms with Crippen molar-refractivity contribution in [2.75, 3.05) is 11.9 Å². The zero-order valence-corrected chi connectivity index (χ0v) is 15.8. The number of amides is 1. The van der Waals surface area contributed by atoms with Crippen LogP contribution in [0.15, 0.2) is 73.2 Å². The summed E-state index contributed by atoms with van der Waals surface area (Å²) in [5, 5.41) is 7.21. The van der Waals surface area contributed by atoms with Crippen LogP contribution in [0.3, 0.4) is 0 Å². The zero-order valence-electron chi connectivity index (χ0n) is 15.8. The van der Waals surface area contributed by atoms with Crippen LogP contribution < -0.4 is 10.6 Å². The van der Waals surface area contributed by atoms with Gasteiger partial charge < -0.3 is 15.6 Å². The van der Waals surface area contributed by atoms with Gasteiger partial charge in [0, 0.05) is 48.1 Å². The number of hydrogen-bond acceptors (Lipinski definition) is 3. The number of carbonyl (C=O) groups excluding carboxylic acids is 1. The molecule has 6 heteroatoms. The maximum absolute atomic E-state index is 13.7. The maximum Gasteiger partial charge on any atom is 0.252 e. The molecule has 0 atom stereocenters. The Kier molecular flexibility index (Phi) is 5.52. The molecule has 146 valence electrons. The molecule has 0 radical (unpaired) electrons. The smallest absolute Gasteiger partial charge is 0.252 e. The van der Waals surface area contributed by atoms with Crippen molar-refractivity contribution < 1.29 is 9.18 Å². The number of aromatic nitrogens is 2. The van der Waals surface area contributed by atoms with Gasteiger partial charge in [0.05, 0.1) is 11.3 Å². The van der Waals surface area contributed by atoms with E-state index in [0.29, 0.717) is 29.9 Å². The van der Waals surface area contributed by atoms with Gasteiger partial charge in [-0.2, -0.15) is 0 Å². The molecule has 0 aliphatic heterocycles. The zero-order chi connectivity index (χ0) is 20.1. The van der Waals surface area contributed by atoms with E-state index in [1.54, 1.807) is 30.5 Å². The number of fused-ring (bicyclic) bond motifs is 1. The largest absolute Gasteiger partial charge is 0.380 e. The van der Waals surface area contributed by atoms with Crippen LogP contribution in [-0.4, -0.2) is 22.4 Å². The number of aromatic amines is 1. The maximum atomic E-state index is 13.7. The monoisotopic (exact) mass is 388 g/mol. The number of nitrogens with zero attached hydrogens (tertiary/aromatic N) is 1. The minimum Gasteiger partial charge on any atom is -0.380 e. The average molecular weight is 388 g/mol. The van der Waals surface area contributed by atoms with Crippen molar-refractivity contribution in [1.29, 1.82) is 0 Å². The second kappa shape index (κ2) is 8.56. The molecule has 2 heterocycles. The van der Waals surface area contributed by atoms with Crippen molar-refractivity contribution >= 4 is 22.5 Å². The fourth-order valence-corrected chi connectivity index (χ4v) is 3.25. The van der Waals surface area contributed by atoms with Crippen molar-refractivity contribution in [1.82, 2.24) is 15.3 Å². The third kappa shape index (κ3) is 4.43. The molecule has 0 aliphatic rings. The van der Waals surface area contributed by atoms with Crippen molar-refractivity contribution in [2.24, 2.45) is 0 Å². The molecule has 0 aliphatic carbocycles. The minimum absolute atomic E-state index is 0.188. The van der Waals surface area contributed by atoms with Crippen LogP contribution in [0.4, 0.5) is 10.1 Å². The summed E-state index contributed by atoms with van der Waals surface area (Å²) in [6, 6.07) is 16.4. The Labute approximate surface area is 168 Å². The van der Waals surface area contributed by atoms with Crippen LogP contribution >= 0.6 is 0 Å². The van der Waals surface area contributed by atoms with Crippen molar-refractivity contribution in [3.63, 3.8) is 0 Å². The molecule has 5 nitrogen and oxygen atoms in total. The standard InChI is InChI=1S/C23H21FN4O/c24-21-7-3-1-5-17(21)14-27-19-11-18(12-25-15-19)23(29)26-10-9-16-13-28-22-8-4-2-6-20(16)22/h1-8,11-13,15,27-28H,9-10,14H2,(H,26,29). The molecule has 4 aromatic rings. The van der Waals surface area contributed by atoms with E-state index in [4.69, 9.17) is 0 Å². The highest BCUT2D eigenvalue weighted by Gasteiger charge is 2.09. The normalized spacial score (nSPS) is 10.8. The summed E-state index contributed by atoms with van der Waals surface area (Å²) in [5.41, 5.74) is 3.94. The highest BCUT2D eigenvalue weighted by molar-refractivity contribution is 5.94. The molecular weight excluding hydrogens is 367 g/mol. The molecule has 3 N–H and O–H groups in total. The lowest BCUT2D eigenvalue weighted by Gasteiger charge is -2.09. The van der Waals surface area contributed by atoms with Gasteiger partial charge in [0.1, 0.15) is 5.82 Å². The van der Waals surface area contributed by atoms with Gasteiger partial charge in [-0.25, -0.2) is 4.39 Å². The van der Waals surface area contributed by atoms with Gasteiger partial charge in [0.25, 0.3) is 5.91 Å². The third-order valence-electron chi connectivity index (χ3n) is 4.80. The number of pyridine rings is 1.